The number of carbonyl (C=O) groups excluding carboxylic acids is 1. The number of carbonyl (C=O) groups is 1. The largest absolute Gasteiger partial charge is 0.467 e. The second-order valence-electron chi connectivity index (χ2n) is 3.93. The van der Waals surface area contributed by atoms with Gasteiger partial charge in [-0.1, -0.05) is 6.92 Å². The molecule has 2 amide bonds. The Morgan fingerprint density at radius 2 is 2.33 bits per heavy atom. The molecule has 6 nitrogen and oxygen atoms in total. The Balaban J connectivity index is 2.53. The van der Waals surface area contributed by atoms with Gasteiger partial charge in [-0.3, -0.25) is 0 Å². The summed E-state index contributed by atoms with van der Waals surface area (Å²) in [5, 5.41) is 14.4. The van der Waals surface area contributed by atoms with E-state index < -0.39 is 0 Å². The Morgan fingerprint density at radius 1 is 1.56 bits per heavy atom. The first-order valence-electron chi connectivity index (χ1n) is 5.91. The Morgan fingerprint density at radius 3 is 2.83 bits per heavy atom. The van der Waals surface area contributed by atoms with E-state index >= 15 is 0 Å². The van der Waals surface area contributed by atoms with Crippen molar-refractivity contribution in [2.45, 2.75) is 25.4 Å². The van der Waals surface area contributed by atoms with Crippen molar-refractivity contribution in [3.05, 3.63) is 24.2 Å². The molecule has 2 unspecified atom stereocenters. The zero-order valence-corrected chi connectivity index (χ0v) is 10.7. The van der Waals surface area contributed by atoms with E-state index in [1.807, 2.05) is 6.92 Å². The van der Waals surface area contributed by atoms with Crippen molar-refractivity contribution in [3.8, 4) is 0 Å². The highest BCUT2D eigenvalue weighted by molar-refractivity contribution is 5.74. The van der Waals surface area contributed by atoms with E-state index in [2.05, 4.69) is 10.6 Å². The molecule has 0 saturated heterocycles. The third-order valence-electron chi connectivity index (χ3n) is 2.57. The molecule has 6 heteroatoms. The van der Waals surface area contributed by atoms with E-state index in [0.29, 0.717) is 18.8 Å². The molecule has 0 aliphatic heterocycles. The summed E-state index contributed by atoms with van der Waals surface area (Å²) in [5.74, 6) is 0.629. The van der Waals surface area contributed by atoms with E-state index in [1.165, 1.54) is 0 Å². The number of aliphatic hydroxyl groups is 1. The minimum atomic E-state index is -0.352. The predicted molar refractivity (Wildman–Crippen MR) is 66.2 cm³/mol. The Labute approximate surface area is 106 Å². The maximum Gasteiger partial charge on any atom is 0.315 e. The van der Waals surface area contributed by atoms with E-state index in [4.69, 9.17) is 14.3 Å². The summed E-state index contributed by atoms with van der Waals surface area (Å²) < 4.78 is 10.3. The highest BCUT2D eigenvalue weighted by Gasteiger charge is 2.18. The lowest BCUT2D eigenvalue weighted by atomic mass is 10.2. The first-order valence-corrected chi connectivity index (χ1v) is 5.91. The lowest BCUT2D eigenvalue weighted by Crippen LogP contribution is -2.45. The van der Waals surface area contributed by atoms with Crippen LogP contribution >= 0.6 is 0 Å². The zero-order chi connectivity index (χ0) is 13.4. The van der Waals surface area contributed by atoms with Crippen molar-refractivity contribution < 1.29 is 19.1 Å². The van der Waals surface area contributed by atoms with Crippen molar-refractivity contribution >= 4 is 6.03 Å². The fraction of sp³-hybridized carbons (Fsp3) is 0.583. The van der Waals surface area contributed by atoms with E-state index in [-0.39, 0.29) is 24.7 Å². The molecular formula is C12H20N2O4. The lowest BCUT2D eigenvalue weighted by Gasteiger charge is -2.19. The average Bonchev–Trinajstić information content (AvgIpc) is 2.89. The molecule has 0 spiro atoms. The number of hydrogen-bond acceptors (Lipinski definition) is 4. The van der Waals surface area contributed by atoms with Crippen molar-refractivity contribution in [3.63, 3.8) is 0 Å². The van der Waals surface area contributed by atoms with Crippen molar-refractivity contribution in [2.75, 3.05) is 20.3 Å². The highest BCUT2D eigenvalue weighted by Crippen LogP contribution is 2.13. The second-order valence-corrected chi connectivity index (χ2v) is 3.93. The molecule has 2 atom stereocenters. The van der Waals surface area contributed by atoms with Gasteiger partial charge in [0.1, 0.15) is 11.8 Å². The van der Waals surface area contributed by atoms with Crippen molar-refractivity contribution in [1.82, 2.24) is 10.6 Å². The molecule has 0 aliphatic rings. The van der Waals surface area contributed by atoms with Gasteiger partial charge in [0.25, 0.3) is 0 Å². The second kappa shape index (κ2) is 7.73. The highest BCUT2D eigenvalue weighted by atomic mass is 16.5. The topological polar surface area (TPSA) is 83.7 Å². The molecule has 0 fully saturated rings. The van der Waals surface area contributed by atoms with Gasteiger partial charge in [-0.25, -0.2) is 4.79 Å². The fourth-order valence-corrected chi connectivity index (χ4v) is 1.51. The van der Waals surface area contributed by atoms with Crippen LogP contribution in [-0.2, 0) is 4.74 Å². The zero-order valence-electron chi connectivity index (χ0n) is 10.7. The van der Waals surface area contributed by atoms with Crippen LogP contribution in [0.4, 0.5) is 4.79 Å². The molecule has 102 valence electrons. The minimum Gasteiger partial charge on any atom is -0.467 e. The number of rotatable bonds is 7. The van der Waals surface area contributed by atoms with Gasteiger partial charge in [0.15, 0.2) is 0 Å². The molecular weight excluding hydrogens is 236 g/mol. The molecule has 0 aromatic carbocycles. The van der Waals surface area contributed by atoms with Crippen LogP contribution in [0.1, 0.15) is 25.1 Å². The van der Waals surface area contributed by atoms with Gasteiger partial charge in [-0.05, 0) is 18.6 Å². The Bertz CT molecular complexity index is 336. The summed E-state index contributed by atoms with van der Waals surface area (Å²) in [7, 11) is 1.55. The van der Waals surface area contributed by atoms with Gasteiger partial charge < -0.3 is 24.9 Å². The molecule has 1 heterocycles. The number of hydrogen-bond donors (Lipinski definition) is 3. The maximum atomic E-state index is 11.7. The Hall–Kier alpha value is -1.53. The number of nitrogens with one attached hydrogen (secondary N) is 2. The van der Waals surface area contributed by atoms with Crippen molar-refractivity contribution in [2.24, 2.45) is 0 Å². The van der Waals surface area contributed by atoms with E-state index in [9.17, 15) is 4.79 Å². The number of ether oxygens (including phenoxy) is 1. The third kappa shape index (κ3) is 4.38. The number of amides is 2. The summed E-state index contributed by atoms with van der Waals surface area (Å²) in [4.78, 5) is 11.7. The molecule has 18 heavy (non-hydrogen) atoms. The SMILES string of the molecule is CCC(CO)NC(=O)NC(COC)c1ccco1. The van der Waals surface area contributed by atoms with Gasteiger partial charge in [-0.2, -0.15) is 0 Å². The van der Waals surface area contributed by atoms with Gasteiger partial charge in [0, 0.05) is 7.11 Å². The summed E-state index contributed by atoms with van der Waals surface area (Å²) in [6.45, 7) is 2.12. The van der Waals surface area contributed by atoms with Gasteiger partial charge in [0.2, 0.25) is 0 Å². The first-order chi connectivity index (χ1) is 8.71. The van der Waals surface area contributed by atoms with Crippen molar-refractivity contribution in [1.29, 1.82) is 0 Å². The molecule has 0 saturated carbocycles. The third-order valence-corrected chi connectivity index (χ3v) is 2.57. The minimum absolute atomic E-state index is 0.0837. The van der Waals surface area contributed by atoms with Crippen LogP contribution in [0.3, 0.4) is 0 Å². The number of methoxy groups -OCH3 is 1. The number of furan rings is 1. The van der Waals surface area contributed by atoms with Crippen LogP contribution in [0.25, 0.3) is 0 Å². The number of urea groups is 1. The lowest BCUT2D eigenvalue weighted by molar-refractivity contribution is 0.155. The molecule has 1 aromatic rings. The molecule has 1 aromatic heterocycles. The molecule has 0 radical (unpaired) electrons. The summed E-state index contributed by atoms with van der Waals surface area (Å²) in [6.07, 6.45) is 2.21. The number of aliphatic hydroxyl groups excluding tert-OH is 1. The quantitative estimate of drug-likeness (QED) is 0.680. The smallest absolute Gasteiger partial charge is 0.315 e. The van der Waals surface area contributed by atoms with Gasteiger partial charge in [-0.15, -0.1) is 0 Å². The van der Waals surface area contributed by atoms with Crippen LogP contribution < -0.4 is 10.6 Å². The maximum absolute atomic E-state index is 11.7. The molecule has 0 aliphatic carbocycles. The average molecular weight is 256 g/mol. The van der Waals surface area contributed by atoms with Gasteiger partial charge in [0.05, 0.1) is 25.5 Å². The fourth-order valence-electron chi connectivity index (χ4n) is 1.51. The van der Waals surface area contributed by atoms with E-state index in [1.54, 1.807) is 25.5 Å². The Kier molecular flexibility index (Phi) is 6.24. The van der Waals surface area contributed by atoms with Crippen LogP contribution in [0.5, 0.6) is 0 Å². The summed E-state index contributed by atoms with van der Waals surface area (Å²) >= 11 is 0. The van der Waals surface area contributed by atoms with Crippen LogP contribution in [0, 0.1) is 0 Å². The monoisotopic (exact) mass is 256 g/mol. The molecule has 1 rings (SSSR count). The summed E-state index contributed by atoms with van der Waals surface area (Å²) in [5.41, 5.74) is 0. The normalized spacial score (nSPS) is 13.9. The molecule has 0 bridgehead atoms. The predicted octanol–water partition coefficient (Wildman–Crippen LogP) is 1.04. The standard InChI is InChI=1S/C12H20N2O4/c1-3-9(7-15)13-12(16)14-10(8-17-2)11-5-4-6-18-11/h4-6,9-10,15H,3,7-8H2,1-2H3,(H2,13,14,16). The molecule has 3 N–H and O–H groups in total. The van der Waals surface area contributed by atoms with Crippen LogP contribution in [0.2, 0.25) is 0 Å². The van der Waals surface area contributed by atoms with Gasteiger partial charge >= 0.3 is 6.03 Å². The first kappa shape index (κ1) is 14.5. The van der Waals surface area contributed by atoms with E-state index in [0.717, 1.165) is 0 Å². The van der Waals surface area contributed by atoms with Crippen LogP contribution in [-0.4, -0.2) is 37.5 Å². The van der Waals surface area contributed by atoms with Crippen LogP contribution in [0.15, 0.2) is 22.8 Å². The summed E-state index contributed by atoms with van der Waals surface area (Å²) in [6, 6.07) is 2.58.